The Hall–Kier alpha value is -3.28. The normalized spacial score (nSPS) is 10.4. The fourth-order valence-electron chi connectivity index (χ4n) is 2.06. The van der Waals surface area contributed by atoms with Crippen LogP contribution in [-0.4, -0.2) is 26.0 Å². The first-order valence-corrected chi connectivity index (χ1v) is 7.14. The number of hydrogen-bond acceptors (Lipinski definition) is 4. The number of nitrogens with one attached hydrogen (secondary N) is 1. The second-order valence-electron chi connectivity index (χ2n) is 4.88. The summed E-state index contributed by atoms with van der Waals surface area (Å²) in [6.07, 6.45) is 3.04. The summed E-state index contributed by atoms with van der Waals surface area (Å²) in [6.45, 7) is 0. The number of anilines is 1. The number of amides is 2. The lowest BCUT2D eigenvalue weighted by molar-refractivity contribution is -0.111. The number of benzene rings is 2. The molecule has 2 aromatic carbocycles. The van der Waals surface area contributed by atoms with Gasteiger partial charge in [-0.15, -0.1) is 0 Å². The summed E-state index contributed by atoms with van der Waals surface area (Å²) in [5.41, 5.74) is 6.82. The first-order valence-electron chi connectivity index (χ1n) is 7.14. The van der Waals surface area contributed by atoms with Crippen LogP contribution in [-0.2, 0) is 4.79 Å². The maximum atomic E-state index is 12.0. The molecule has 0 aliphatic rings. The molecule has 0 aromatic heterocycles. The van der Waals surface area contributed by atoms with E-state index in [0.29, 0.717) is 22.7 Å². The van der Waals surface area contributed by atoms with Crippen LogP contribution >= 0.6 is 0 Å². The molecular weight excluding hydrogens is 308 g/mol. The zero-order valence-corrected chi connectivity index (χ0v) is 13.4. The van der Waals surface area contributed by atoms with Crippen LogP contribution in [0.25, 0.3) is 6.08 Å². The molecule has 0 atom stereocenters. The highest BCUT2D eigenvalue weighted by Gasteiger charge is 2.05. The van der Waals surface area contributed by atoms with Crippen molar-refractivity contribution in [3.8, 4) is 11.5 Å². The van der Waals surface area contributed by atoms with E-state index in [1.165, 1.54) is 12.1 Å². The van der Waals surface area contributed by atoms with Crippen molar-refractivity contribution >= 4 is 23.6 Å². The molecule has 0 saturated heterocycles. The van der Waals surface area contributed by atoms with Crippen molar-refractivity contribution in [1.29, 1.82) is 0 Å². The average Bonchev–Trinajstić information content (AvgIpc) is 2.59. The van der Waals surface area contributed by atoms with Crippen molar-refractivity contribution in [3.05, 3.63) is 59.7 Å². The molecule has 6 heteroatoms. The zero-order valence-electron chi connectivity index (χ0n) is 13.4. The van der Waals surface area contributed by atoms with Gasteiger partial charge in [0.15, 0.2) is 11.5 Å². The Morgan fingerprint density at radius 2 is 1.79 bits per heavy atom. The van der Waals surface area contributed by atoms with Gasteiger partial charge in [-0.3, -0.25) is 9.59 Å². The Kier molecular flexibility index (Phi) is 5.57. The van der Waals surface area contributed by atoms with Gasteiger partial charge < -0.3 is 20.5 Å². The van der Waals surface area contributed by atoms with Gasteiger partial charge in [0.25, 0.3) is 0 Å². The number of methoxy groups -OCH3 is 2. The van der Waals surface area contributed by atoms with Crippen LogP contribution < -0.4 is 20.5 Å². The Labute approximate surface area is 139 Å². The van der Waals surface area contributed by atoms with E-state index < -0.39 is 5.91 Å². The Morgan fingerprint density at radius 1 is 1.04 bits per heavy atom. The topological polar surface area (TPSA) is 90.6 Å². The lowest BCUT2D eigenvalue weighted by Gasteiger charge is -2.07. The minimum Gasteiger partial charge on any atom is -0.493 e. The summed E-state index contributed by atoms with van der Waals surface area (Å²) in [4.78, 5) is 23.1. The van der Waals surface area contributed by atoms with Gasteiger partial charge in [-0.2, -0.15) is 0 Å². The van der Waals surface area contributed by atoms with Crippen molar-refractivity contribution in [2.75, 3.05) is 19.5 Å². The molecule has 3 N–H and O–H groups in total. The Morgan fingerprint density at radius 3 is 2.46 bits per heavy atom. The van der Waals surface area contributed by atoms with Crippen molar-refractivity contribution in [1.82, 2.24) is 0 Å². The van der Waals surface area contributed by atoms with Gasteiger partial charge in [-0.1, -0.05) is 12.1 Å². The van der Waals surface area contributed by atoms with E-state index in [-0.39, 0.29) is 5.91 Å². The summed E-state index contributed by atoms with van der Waals surface area (Å²) in [7, 11) is 3.10. The summed E-state index contributed by atoms with van der Waals surface area (Å²) in [6, 6.07) is 11.7. The Bertz CT molecular complexity index is 784. The van der Waals surface area contributed by atoms with E-state index in [0.717, 1.165) is 5.56 Å². The van der Waals surface area contributed by atoms with Crippen LogP contribution in [0.2, 0.25) is 0 Å². The van der Waals surface area contributed by atoms with Gasteiger partial charge >= 0.3 is 0 Å². The molecule has 2 amide bonds. The van der Waals surface area contributed by atoms with Crippen LogP contribution in [0.3, 0.4) is 0 Å². The molecule has 0 saturated carbocycles. The van der Waals surface area contributed by atoms with Crippen LogP contribution in [0.5, 0.6) is 11.5 Å². The average molecular weight is 326 g/mol. The van der Waals surface area contributed by atoms with E-state index in [4.69, 9.17) is 15.2 Å². The maximum Gasteiger partial charge on any atom is 0.248 e. The monoisotopic (exact) mass is 326 g/mol. The molecule has 0 aliphatic carbocycles. The van der Waals surface area contributed by atoms with Crippen LogP contribution in [0.4, 0.5) is 5.69 Å². The predicted molar refractivity (Wildman–Crippen MR) is 92.2 cm³/mol. The highest BCUT2D eigenvalue weighted by atomic mass is 16.5. The fraction of sp³-hybridized carbons (Fsp3) is 0.111. The summed E-state index contributed by atoms with van der Waals surface area (Å²) < 4.78 is 10.4. The highest BCUT2D eigenvalue weighted by Crippen LogP contribution is 2.27. The van der Waals surface area contributed by atoms with Gasteiger partial charge in [0.05, 0.1) is 14.2 Å². The van der Waals surface area contributed by atoms with Gasteiger partial charge in [0.2, 0.25) is 11.8 Å². The van der Waals surface area contributed by atoms with E-state index in [1.54, 1.807) is 56.7 Å². The van der Waals surface area contributed by atoms with Crippen molar-refractivity contribution in [2.24, 2.45) is 5.73 Å². The van der Waals surface area contributed by atoms with Gasteiger partial charge in [-0.25, -0.2) is 0 Å². The minimum atomic E-state index is -0.549. The third kappa shape index (κ3) is 4.36. The van der Waals surface area contributed by atoms with Gasteiger partial charge in [0, 0.05) is 17.3 Å². The molecule has 124 valence electrons. The molecular formula is C18H18N2O4. The lowest BCUT2D eigenvalue weighted by Crippen LogP contribution is -2.12. The van der Waals surface area contributed by atoms with Crippen LogP contribution in [0.1, 0.15) is 15.9 Å². The third-order valence-corrected chi connectivity index (χ3v) is 3.25. The predicted octanol–water partition coefficient (Wildman–Crippen LogP) is 2.45. The van der Waals surface area contributed by atoms with E-state index in [1.807, 2.05) is 0 Å². The number of hydrogen-bond donors (Lipinski definition) is 2. The van der Waals surface area contributed by atoms with E-state index in [9.17, 15) is 9.59 Å². The first-order chi connectivity index (χ1) is 11.5. The van der Waals surface area contributed by atoms with Gasteiger partial charge in [0.1, 0.15) is 0 Å². The second-order valence-corrected chi connectivity index (χ2v) is 4.88. The van der Waals surface area contributed by atoms with Gasteiger partial charge in [-0.05, 0) is 42.0 Å². The molecule has 2 rings (SSSR count). The summed E-state index contributed by atoms with van der Waals surface area (Å²) in [5.74, 6) is 0.315. The number of carbonyl (C=O) groups excluding carboxylic acids is 2. The minimum absolute atomic E-state index is 0.327. The van der Waals surface area contributed by atoms with Crippen molar-refractivity contribution in [3.63, 3.8) is 0 Å². The molecule has 0 aliphatic heterocycles. The Balaban J connectivity index is 2.08. The largest absolute Gasteiger partial charge is 0.493 e. The molecule has 0 radical (unpaired) electrons. The highest BCUT2D eigenvalue weighted by molar-refractivity contribution is 6.03. The maximum absolute atomic E-state index is 12.0. The molecule has 0 heterocycles. The smallest absolute Gasteiger partial charge is 0.248 e. The third-order valence-electron chi connectivity index (χ3n) is 3.25. The number of nitrogens with two attached hydrogens (primary N) is 1. The molecule has 0 unspecified atom stereocenters. The lowest BCUT2D eigenvalue weighted by atomic mass is 10.1. The zero-order chi connectivity index (χ0) is 17.5. The molecule has 24 heavy (non-hydrogen) atoms. The number of rotatable bonds is 6. The molecule has 0 fully saturated rings. The second kappa shape index (κ2) is 7.82. The van der Waals surface area contributed by atoms with Crippen LogP contribution in [0, 0.1) is 0 Å². The fourth-order valence-corrected chi connectivity index (χ4v) is 2.06. The number of ether oxygens (including phenoxy) is 2. The van der Waals surface area contributed by atoms with E-state index in [2.05, 4.69) is 5.32 Å². The molecule has 0 spiro atoms. The quantitative estimate of drug-likeness (QED) is 0.798. The standard InChI is InChI=1S/C18H18N2O4/c1-23-15-8-6-12(10-16(15)24-2)7-9-17(21)20-14-5-3-4-13(11-14)18(19)22/h3-11H,1-2H3,(H2,19,22)(H,20,21)/b9-7+. The number of primary amides is 1. The summed E-state index contributed by atoms with van der Waals surface area (Å²) in [5, 5.41) is 2.67. The SMILES string of the molecule is COc1ccc(/C=C/C(=O)Nc2cccc(C(N)=O)c2)cc1OC. The number of carbonyl (C=O) groups is 2. The van der Waals surface area contributed by atoms with Crippen molar-refractivity contribution < 1.29 is 19.1 Å². The first kappa shape index (κ1) is 17.1. The molecule has 0 bridgehead atoms. The van der Waals surface area contributed by atoms with E-state index >= 15 is 0 Å². The molecule has 6 nitrogen and oxygen atoms in total. The van der Waals surface area contributed by atoms with Crippen molar-refractivity contribution in [2.45, 2.75) is 0 Å². The van der Waals surface area contributed by atoms with Crippen LogP contribution in [0.15, 0.2) is 48.5 Å². The summed E-state index contributed by atoms with van der Waals surface area (Å²) >= 11 is 0. The molecule has 2 aromatic rings.